The summed E-state index contributed by atoms with van der Waals surface area (Å²) in [5, 5.41) is 0. The summed E-state index contributed by atoms with van der Waals surface area (Å²) < 4.78 is 0. The molecule has 0 aliphatic rings. The molecule has 0 bridgehead atoms. The molecule has 1 aromatic heterocycles. The maximum Gasteiger partial charge on any atom is 0.137 e. The van der Waals surface area contributed by atoms with Crippen LogP contribution in [0.5, 0.6) is 0 Å². The van der Waals surface area contributed by atoms with Crippen LogP contribution < -0.4 is 0 Å². The minimum Gasteiger partial charge on any atom is -0.239 e. The average molecular weight is 158 g/mol. The van der Waals surface area contributed by atoms with Gasteiger partial charge in [-0.15, -0.1) is 12.6 Å². The number of nitrogens with zero attached hydrogens (tertiary/aromatic N) is 2. The summed E-state index contributed by atoms with van der Waals surface area (Å²) in [5.74, 6) is 1.31. The first kappa shape index (κ1) is 6.89. The van der Waals surface area contributed by atoms with E-state index in [0.29, 0.717) is 5.75 Å². The number of thiol groups is 2. The van der Waals surface area contributed by atoms with Crippen LogP contribution in [0, 0.1) is 0 Å². The van der Waals surface area contributed by atoms with Gasteiger partial charge in [-0.1, -0.05) is 0 Å². The zero-order valence-electron chi connectivity index (χ0n) is 4.65. The minimum absolute atomic E-state index is 0.577. The summed E-state index contributed by atoms with van der Waals surface area (Å²) in [5.41, 5.74) is 0. The van der Waals surface area contributed by atoms with E-state index in [1.165, 1.54) is 0 Å². The summed E-state index contributed by atoms with van der Waals surface area (Å²) in [7, 11) is 0. The molecule has 1 aromatic rings. The molecule has 0 unspecified atom stereocenters. The summed E-state index contributed by atoms with van der Waals surface area (Å²) in [6.07, 6.45) is 3.31. The molecule has 0 radical (unpaired) electrons. The van der Waals surface area contributed by atoms with Crippen molar-refractivity contribution in [2.24, 2.45) is 0 Å². The molecule has 0 N–H and O–H groups in total. The van der Waals surface area contributed by atoms with E-state index in [1.807, 2.05) is 0 Å². The fourth-order valence-corrected chi connectivity index (χ4v) is 0.708. The van der Waals surface area contributed by atoms with E-state index in [4.69, 9.17) is 0 Å². The molecule has 1 heterocycles. The van der Waals surface area contributed by atoms with Crippen molar-refractivity contribution in [2.75, 3.05) is 0 Å². The largest absolute Gasteiger partial charge is 0.239 e. The van der Waals surface area contributed by atoms with Crippen LogP contribution in [0.15, 0.2) is 17.3 Å². The Morgan fingerprint density at radius 3 is 2.33 bits per heavy atom. The zero-order valence-corrected chi connectivity index (χ0v) is 6.44. The van der Waals surface area contributed by atoms with Crippen LogP contribution in [-0.2, 0) is 5.75 Å². The maximum absolute atomic E-state index is 4.02. The van der Waals surface area contributed by atoms with Crippen molar-refractivity contribution in [3.05, 3.63) is 18.2 Å². The molecule has 0 amide bonds. The van der Waals surface area contributed by atoms with Crippen LogP contribution in [0.4, 0.5) is 0 Å². The van der Waals surface area contributed by atoms with Gasteiger partial charge >= 0.3 is 0 Å². The zero-order chi connectivity index (χ0) is 6.69. The Morgan fingerprint density at radius 1 is 1.33 bits per heavy atom. The molecule has 0 aliphatic carbocycles. The molecule has 4 heteroatoms. The van der Waals surface area contributed by atoms with E-state index in [-0.39, 0.29) is 0 Å². The van der Waals surface area contributed by atoms with Gasteiger partial charge in [-0.25, -0.2) is 9.97 Å². The van der Waals surface area contributed by atoms with E-state index < -0.39 is 0 Å². The van der Waals surface area contributed by atoms with Crippen molar-refractivity contribution >= 4 is 25.3 Å². The van der Waals surface area contributed by atoms with E-state index in [0.717, 1.165) is 10.7 Å². The van der Waals surface area contributed by atoms with Gasteiger partial charge < -0.3 is 0 Å². The lowest BCUT2D eigenvalue weighted by molar-refractivity contribution is 0.998. The van der Waals surface area contributed by atoms with Crippen molar-refractivity contribution in [1.29, 1.82) is 0 Å². The van der Waals surface area contributed by atoms with Crippen molar-refractivity contribution in [3.63, 3.8) is 0 Å². The van der Waals surface area contributed by atoms with Gasteiger partial charge in [0.05, 0.1) is 5.75 Å². The van der Waals surface area contributed by atoms with Crippen LogP contribution >= 0.6 is 25.3 Å². The van der Waals surface area contributed by atoms with Crippen LogP contribution in [0.1, 0.15) is 5.82 Å². The molecule has 0 saturated heterocycles. The van der Waals surface area contributed by atoms with E-state index in [9.17, 15) is 0 Å². The van der Waals surface area contributed by atoms with Gasteiger partial charge in [-0.2, -0.15) is 12.6 Å². The predicted octanol–water partition coefficient (Wildman–Crippen LogP) is 1.20. The first-order chi connectivity index (χ1) is 4.33. The highest BCUT2D eigenvalue weighted by Gasteiger charge is 1.89. The first-order valence-electron chi connectivity index (χ1n) is 2.43. The summed E-state index contributed by atoms with van der Waals surface area (Å²) in [6, 6.07) is 0. The highest BCUT2D eigenvalue weighted by atomic mass is 32.1. The van der Waals surface area contributed by atoms with E-state index in [2.05, 4.69) is 35.2 Å². The van der Waals surface area contributed by atoms with Crippen LogP contribution in [-0.4, -0.2) is 9.97 Å². The Hall–Kier alpha value is -0.220. The molecule has 0 aliphatic heterocycles. The van der Waals surface area contributed by atoms with Gasteiger partial charge in [-0.3, -0.25) is 0 Å². The SMILES string of the molecule is SCc1ncc(S)cn1. The van der Waals surface area contributed by atoms with Crippen molar-refractivity contribution in [3.8, 4) is 0 Å². The smallest absolute Gasteiger partial charge is 0.137 e. The van der Waals surface area contributed by atoms with Gasteiger partial charge in [0, 0.05) is 17.3 Å². The molecular weight excluding hydrogens is 152 g/mol. The lowest BCUT2D eigenvalue weighted by Crippen LogP contribution is -1.88. The fraction of sp³-hybridized carbons (Fsp3) is 0.200. The maximum atomic E-state index is 4.02. The highest BCUT2D eigenvalue weighted by Crippen LogP contribution is 2.01. The molecule has 9 heavy (non-hydrogen) atoms. The Labute approximate surface area is 64.5 Å². The monoisotopic (exact) mass is 158 g/mol. The second-order valence-corrected chi connectivity index (χ2v) is 2.35. The second-order valence-electron chi connectivity index (χ2n) is 1.52. The average Bonchev–Trinajstić information content (AvgIpc) is 1.90. The van der Waals surface area contributed by atoms with Gasteiger partial charge in [-0.05, 0) is 0 Å². The number of hydrogen-bond acceptors (Lipinski definition) is 4. The summed E-state index contributed by atoms with van der Waals surface area (Å²) in [6.45, 7) is 0. The van der Waals surface area contributed by atoms with Crippen LogP contribution in [0.2, 0.25) is 0 Å². The standard InChI is InChI=1S/C5H6N2S2/c8-3-5-6-1-4(9)2-7-5/h1-2,8-9H,3H2. The predicted molar refractivity (Wildman–Crippen MR) is 42.0 cm³/mol. The van der Waals surface area contributed by atoms with E-state index >= 15 is 0 Å². The van der Waals surface area contributed by atoms with E-state index in [1.54, 1.807) is 12.4 Å². The quantitative estimate of drug-likeness (QED) is 0.600. The van der Waals surface area contributed by atoms with Gasteiger partial charge in [0.15, 0.2) is 0 Å². The molecule has 48 valence electrons. The van der Waals surface area contributed by atoms with Crippen LogP contribution in [0.3, 0.4) is 0 Å². The van der Waals surface area contributed by atoms with Gasteiger partial charge in [0.25, 0.3) is 0 Å². The molecule has 0 spiro atoms. The molecule has 1 rings (SSSR count). The van der Waals surface area contributed by atoms with Crippen molar-refractivity contribution in [2.45, 2.75) is 10.6 Å². The lowest BCUT2D eigenvalue weighted by atomic mass is 10.6. The number of rotatable bonds is 1. The molecule has 0 atom stereocenters. The first-order valence-corrected chi connectivity index (χ1v) is 3.51. The van der Waals surface area contributed by atoms with Gasteiger partial charge in [0.1, 0.15) is 5.82 Å². The Kier molecular flexibility index (Phi) is 2.36. The minimum atomic E-state index is 0.577. The van der Waals surface area contributed by atoms with Crippen molar-refractivity contribution < 1.29 is 0 Å². The molecule has 0 fully saturated rings. The Morgan fingerprint density at radius 2 is 1.89 bits per heavy atom. The summed E-state index contributed by atoms with van der Waals surface area (Å²) >= 11 is 8.01. The third-order valence-corrected chi connectivity index (χ3v) is 1.35. The van der Waals surface area contributed by atoms with Gasteiger partial charge in [0.2, 0.25) is 0 Å². The Balaban J connectivity index is 2.88. The number of aromatic nitrogens is 2. The third kappa shape index (κ3) is 1.87. The third-order valence-electron chi connectivity index (χ3n) is 0.833. The summed E-state index contributed by atoms with van der Waals surface area (Å²) in [4.78, 5) is 8.64. The van der Waals surface area contributed by atoms with Crippen molar-refractivity contribution in [1.82, 2.24) is 9.97 Å². The number of hydrogen-bond donors (Lipinski definition) is 2. The molecule has 2 nitrogen and oxygen atoms in total. The normalized spacial score (nSPS) is 9.56. The lowest BCUT2D eigenvalue weighted by Gasteiger charge is -1.91. The topological polar surface area (TPSA) is 25.8 Å². The second kappa shape index (κ2) is 3.08. The molecule has 0 saturated carbocycles. The fourth-order valence-electron chi connectivity index (χ4n) is 0.430. The molecule has 0 aromatic carbocycles. The molecular formula is C5H6N2S2. The Bertz CT molecular complexity index is 185. The van der Waals surface area contributed by atoms with Crippen LogP contribution in [0.25, 0.3) is 0 Å². The highest BCUT2D eigenvalue weighted by molar-refractivity contribution is 7.80.